The van der Waals surface area contributed by atoms with E-state index in [4.69, 9.17) is 10.8 Å². The monoisotopic (exact) mass is 229 g/mol. The maximum atomic E-state index is 9.14. The fraction of sp³-hybridized carbons (Fsp3) is 1.00. The molecular formula is C14H31NO. The Morgan fingerprint density at radius 2 is 1.62 bits per heavy atom. The molecule has 2 heteroatoms. The number of rotatable bonds is 10. The minimum Gasteiger partial charge on any atom is -0.396 e. The van der Waals surface area contributed by atoms with E-state index >= 15 is 0 Å². The summed E-state index contributed by atoms with van der Waals surface area (Å²) in [7, 11) is 0. The van der Waals surface area contributed by atoms with Gasteiger partial charge in [-0.3, -0.25) is 0 Å². The van der Waals surface area contributed by atoms with Crippen LogP contribution in [0, 0.1) is 5.92 Å². The van der Waals surface area contributed by atoms with Crippen LogP contribution in [0.15, 0.2) is 0 Å². The van der Waals surface area contributed by atoms with Crippen molar-refractivity contribution >= 4 is 0 Å². The third kappa shape index (κ3) is 5.31. The van der Waals surface area contributed by atoms with Gasteiger partial charge in [-0.25, -0.2) is 0 Å². The molecule has 0 aliphatic heterocycles. The summed E-state index contributed by atoms with van der Waals surface area (Å²) in [5, 5.41) is 9.14. The molecule has 0 spiro atoms. The Morgan fingerprint density at radius 1 is 1.00 bits per heavy atom. The van der Waals surface area contributed by atoms with Gasteiger partial charge in [0, 0.05) is 12.1 Å². The van der Waals surface area contributed by atoms with Gasteiger partial charge >= 0.3 is 0 Å². The predicted molar refractivity (Wildman–Crippen MR) is 71.5 cm³/mol. The molecule has 0 amide bonds. The molecule has 98 valence electrons. The lowest BCUT2D eigenvalue weighted by Gasteiger charge is -2.36. The fourth-order valence-corrected chi connectivity index (χ4v) is 2.52. The summed E-state index contributed by atoms with van der Waals surface area (Å²) in [5.74, 6) is 0.490. The van der Waals surface area contributed by atoms with Gasteiger partial charge < -0.3 is 10.8 Å². The molecule has 0 aromatic carbocycles. The van der Waals surface area contributed by atoms with Crippen LogP contribution < -0.4 is 5.73 Å². The summed E-state index contributed by atoms with van der Waals surface area (Å²) >= 11 is 0. The van der Waals surface area contributed by atoms with Crippen LogP contribution >= 0.6 is 0 Å². The van der Waals surface area contributed by atoms with Gasteiger partial charge in [0.2, 0.25) is 0 Å². The minimum absolute atomic E-state index is 0.0606. The van der Waals surface area contributed by atoms with E-state index in [1.807, 2.05) is 0 Å². The van der Waals surface area contributed by atoms with E-state index in [-0.39, 0.29) is 12.1 Å². The van der Waals surface area contributed by atoms with Crippen molar-refractivity contribution in [3.05, 3.63) is 0 Å². The average molecular weight is 229 g/mol. The number of hydrogen-bond donors (Lipinski definition) is 2. The zero-order chi connectivity index (χ0) is 12.4. The predicted octanol–water partition coefficient (Wildman–Crippen LogP) is 3.47. The molecule has 0 heterocycles. The molecular weight excluding hydrogens is 198 g/mol. The van der Waals surface area contributed by atoms with E-state index in [1.54, 1.807) is 0 Å². The Bertz CT molecular complexity index is 155. The molecule has 3 N–H and O–H groups in total. The van der Waals surface area contributed by atoms with Gasteiger partial charge in [-0.1, -0.05) is 46.5 Å². The Morgan fingerprint density at radius 3 is 2.06 bits per heavy atom. The van der Waals surface area contributed by atoms with Gasteiger partial charge in [0.05, 0.1) is 0 Å². The molecule has 0 rings (SSSR count). The molecule has 0 aliphatic rings. The van der Waals surface area contributed by atoms with Crippen LogP contribution in [0.25, 0.3) is 0 Å². The summed E-state index contributed by atoms with van der Waals surface area (Å²) in [6.07, 6.45) is 9.24. The summed E-state index contributed by atoms with van der Waals surface area (Å²) in [4.78, 5) is 0. The average Bonchev–Trinajstić information content (AvgIpc) is 2.32. The van der Waals surface area contributed by atoms with Crippen molar-refractivity contribution in [2.75, 3.05) is 6.61 Å². The highest BCUT2D eigenvalue weighted by Crippen LogP contribution is 2.29. The maximum Gasteiger partial charge on any atom is 0.0434 e. The number of hydrogen-bond acceptors (Lipinski definition) is 2. The lowest BCUT2D eigenvalue weighted by molar-refractivity contribution is 0.172. The van der Waals surface area contributed by atoms with Crippen LogP contribution in [0.5, 0.6) is 0 Å². The normalized spacial score (nSPS) is 14.1. The highest BCUT2D eigenvalue weighted by atomic mass is 16.3. The first kappa shape index (κ1) is 15.9. The Labute approximate surface area is 102 Å². The van der Waals surface area contributed by atoms with Gasteiger partial charge in [0.1, 0.15) is 0 Å². The molecule has 2 nitrogen and oxygen atoms in total. The highest BCUT2D eigenvalue weighted by molar-refractivity contribution is 4.88. The van der Waals surface area contributed by atoms with Crippen LogP contribution in [0.4, 0.5) is 0 Å². The van der Waals surface area contributed by atoms with Crippen LogP contribution in [0.2, 0.25) is 0 Å². The zero-order valence-electron chi connectivity index (χ0n) is 11.5. The lowest BCUT2D eigenvalue weighted by atomic mass is 9.76. The SMILES string of the molecule is CCCCCCC(CCO)C(N)(CC)CC. The van der Waals surface area contributed by atoms with Gasteiger partial charge in [0.15, 0.2) is 0 Å². The molecule has 1 atom stereocenters. The van der Waals surface area contributed by atoms with Gasteiger partial charge in [0.25, 0.3) is 0 Å². The first-order valence-corrected chi connectivity index (χ1v) is 7.04. The first-order chi connectivity index (χ1) is 7.64. The minimum atomic E-state index is -0.0606. The maximum absolute atomic E-state index is 9.14. The van der Waals surface area contributed by atoms with Crippen LogP contribution in [0.3, 0.4) is 0 Å². The lowest BCUT2D eigenvalue weighted by Crippen LogP contribution is -2.46. The second kappa shape index (κ2) is 9.00. The van der Waals surface area contributed by atoms with Gasteiger partial charge in [-0.05, 0) is 31.6 Å². The fourth-order valence-electron chi connectivity index (χ4n) is 2.52. The standard InChI is InChI=1S/C14H31NO/c1-4-7-8-9-10-13(11-12-16)14(15,5-2)6-3/h13,16H,4-12,15H2,1-3H3. The topological polar surface area (TPSA) is 46.2 Å². The number of nitrogens with two attached hydrogens (primary N) is 1. The van der Waals surface area contributed by atoms with E-state index < -0.39 is 0 Å². The van der Waals surface area contributed by atoms with Crippen molar-refractivity contribution in [1.29, 1.82) is 0 Å². The van der Waals surface area contributed by atoms with Crippen molar-refractivity contribution < 1.29 is 5.11 Å². The second-order valence-electron chi connectivity index (χ2n) is 5.00. The van der Waals surface area contributed by atoms with E-state index in [2.05, 4.69) is 20.8 Å². The number of aliphatic hydroxyl groups excluding tert-OH is 1. The van der Waals surface area contributed by atoms with Crippen molar-refractivity contribution in [3.8, 4) is 0 Å². The summed E-state index contributed by atoms with van der Waals surface area (Å²) in [6, 6.07) is 0. The van der Waals surface area contributed by atoms with E-state index in [0.29, 0.717) is 5.92 Å². The molecule has 0 aromatic rings. The van der Waals surface area contributed by atoms with Crippen molar-refractivity contribution in [2.45, 2.75) is 77.7 Å². The van der Waals surface area contributed by atoms with Crippen molar-refractivity contribution in [3.63, 3.8) is 0 Å². The second-order valence-corrected chi connectivity index (χ2v) is 5.00. The van der Waals surface area contributed by atoms with E-state index in [9.17, 15) is 0 Å². The van der Waals surface area contributed by atoms with Crippen LogP contribution in [0.1, 0.15) is 72.1 Å². The smallest absolute Gasteiger partial charge is 0.0434 e. The van der Waals surface area contributed by atoms with Gasteiger partial charge in [-0.2, -0.15) is 0 Å². The summed E-state index contributed by atoms with van der Waals surface area (Å²) < 4.78 is 0. The Balaban J connectivity index is 4.13. The Kier molecular flexibility index (Phi) is 8.96. The molecule has 0 saturated carbocycles. The molecule has 0 bridgehead atoms. The van der Waals surface area contributed by atoms with E-state index in [1.165, 1.54) is 32.1 Å². The molecule has 0 fully saturated rings. The largest absolute Gasteiger partial charge is 0.396 e. The molecule has 0 saturated heterocycles. The molecule has 1 unspecified atom stereocenters. The van der Waals surface area contributed by atoms with E-state index in [0.717, 1.165) is 19.3 Å². The van der Waals surface area contributed by atoms with Crippen molar-refractivity contribution in [1.82, 2.24) is 0 Å². The highest BCUT2D eigenvalue weighted by Gasteiger charge is 2.30. The zero-order valence-corrected chi connectivity index (χ0v) is 11.5. The molecule has 16 heavy (non-hydrogen) atoms. The first-order valence-electron chi connectivity index (χ1n) is 7.04. The van der Waals surface area contributed by atoms with Gasteiger partial charge in [-0.15, -0.1) is 0 Å². The quantitative estimate of drug-likeness (QED) is 0.563. The number of aliphatic hydroxyl groups is 1. The summed E-state index contributed by atoms with van der Waals surface area (Å²) in [5.41, 5.74) is 6.37. The molecule has 0 aromatic heterocycles. The molecule has 0 radical (unpaired) electrons. The van der Waals surface area contributed by atoms with Crippen LogP contribution in [-0.2, 0) is 0 Å². The van der Waals surface area contributed by atoms with Crippen molar-refractivity contribution in [2.24, 2.45) is 11.7 Å². The third-order valence-electron chi connectivity index (χ3n) is 4.01. The molecule has 0 aliphatic carbocycles. The summed E-state index contributed by atoms with van der Waals surface area (Å²) in [6.45, 7) is 6.84. The number of unbranched alkanes of at least 4 members (excludes halogenated alkanes) is 3. The van der Waals surface area contributed by atoms with Crippen LogP contribution in [-0.4, -0.2) is 17.3 Å². The third-order valence-corrected chi connectivity index (χ3v) is 4.01. The Hall–Kier alpha value is -0.0800.